The molecule has 43 heavy (non-hydrogen) atoms. The topological polar surface area (TPSA) is 114 Å². The summed E-state index contributed by atoms with van der Waals surface area (Å²) in [7, 11) is -3.60. The average molecular weight is 618 g/mol. The lowest BCUT2D eigenvalue weighted by molar-refractivity contribution is -0.136. The third-order valence-electron chi connectivity index (χ3n) is 8.07. The molecule has 0 radical (unpaired) electrons. The Morgan fingerprint density at radius 2 is 1.95 bits per heavy atom. The van der Waals surface area contributed by atoms with Crippen molar-refractivity contribution in [2.75, 3.05) is 25.2 Å². The van der Waals surface area contributed by atoms with Gasteiger partial charge in [0.25, 0.3) is 5.91 Å². The number of nitrogens with one attached hydrogen (secondary N) is 2. The molecule has 0 aromatic heterocycles. The van der Waals surface area contributed by atoms with Crippen molar-refractivity contribution in [2.24, 2.45) is 10.9 Å². The first-order valence-electron chi connectivity index (χ1n) is 14.3. The lowest BCUT2D eigenvalue weighted by atomic mass is 9.79. The van der Waals surface area contributed by atoms with Crippen LogP contribution in [0.15, 0.2) is 64.8 Å². The number of aryl methyl sites for hydroxylation is 1. The van der Waals surface area contributed by atoms with E-state index in [1.54, 1.807) is 6.07 Å². The third kappa shape index (κ3) is 7.46. The van der Waals surface area contributed by atoms with Crippen molar-refractivity contribution in [3.05, 3.63) is 76.5 Å². The van der Waals surface area contributed by atoms with Crippen molar-refractivity contribution in [3.8, 4) is 5.75 Å². The van der Waals surface area contributed by atoms with E-state index < -0.39 is 39.6 Å². The molecule has 3 aliphatic rings. The fourth-order valence-corrected chi connectivity index (χ4v) is 6.78. The number of rotatable bonds is 9. The summed E-state index contributed by atoms with van der Waals surface area (Å²) in [6, 6.07) is 15.0. The van der Waals surface area contributed by atoms with Crippen LogP contribution >= 0.6 is 0 Å². The first-order valence-corrected chi connectivity index (χ1v) is 16.3. The van der Waals surface area contributed by atoms with Gasteiger partial charge in [0.2, 0.25) is 5.91 Å². The van der Waals surface area contributed by atoms with Crippen LogP contribution in [0.2, 0.25) is 0 Å². The number of amides is 2. The van der Waals surface area contributed by atoms with Crippen LogP contribution in [-0.4, -0.2) is 57.3 Å². The molecule has 1 unspecified atom stereocenters. The zero-order valence-corrected chi connectivity index (χ0v) is 24.6. The molecular weight excluding hydrogens is 583 g/mol. The maximum absolute atomic E-state index is 13.9. The summed E-state index contributed by atoms with van der Waals surface area (Å²) >= 11 is 0. The van der Waals surface area contributed by atoms with Gasteiger partial charge < -0.3 is 15.4 Å². The number of piperidine rings is 1. The van der Waals surface area contributed by atoms with Crippen LogP contribution < -0.4 is 15.4 Å². The molecule has 12 heteroatoms. The van der Waals surface area contributed by atoms with Crippen LogP contribution in [0.25, 0.3) is 0 Å². The monoisotopic (exact) mass is 617 g/mol. The molecule has 2 aromatic carbocycles. The predicted molar refractivity (Wildman–Crippen MR) is 155 cm³/mol. The molecule has 1 saturated heterocycles. The first kappa shape index (κ1) is 30.8. The summed E-state index contributed by atoms with van der Waals surface area (Å²) in [6.07, 6.45) is -1.57. The molecule has 2 aromatic rings. The van der Waals surface area contributed by atoms with Crippen LogP contribution in [0.5, 0.6) is 5.75 Å². The maximum atomic E-state index is 13.9. The number of benzene rings is 2. The second-order valence-corrected chi connectivity index (χ2v) is 13.7. The van der Waals surface area contributed by atoms with Crippen molar-refractivity contribution in [1.29, 1.82) is 0 Å². The van der Waals surface area contributed by atoms with Gasteiger partial charge in [-0.15, -0.1) is 0 Å². The Morgan fingerprint density at radius 3 is 2.67 bits per heavy atom. The van der Waals surface area contributed by atoms with E-state index >= 15 is 0 Å². The van der Waals surface area contributed by atoms with Crippen LogP contribution in [0, 0.1) is 5.92 Å². The van der Waals surface area contributed by atoms with E-state index in [0.717, 1.165) is 22.9 Å². The number of allylic oxidation sites excluding steroid dienone is 1. The minimum atomic E-state index is -4.22. The third-order valence-corrected chi connectivity index (χ3v) is 8.86. The van der Waals surface area contributed by atoms with Gasteiger partial charge in [-0.3, -0.25) is 14.6 Å². The SMILES string of the molecule is CS(=O)(=O)CC(=O)NC1=C2C(=O)N[C@@]3(CCc4cc(OCCCC(F)(F)F)ccc43)CC2=NCCC1Cc1ccccc1. The van der Waals surface area contributed by atoms with Gasteiger partial charge in [-0.25, -0.2) is 8.42 Å². The molecule has 2 heterocycles. The van der Waals surface area contributed by atoms with Gasteiger partial charge in [-0.05, 0) is 60.9 Å². The van der Waals surface area contributed by atoms with E-state index in [-0.39, 0.29) is 30.4 Å². The Labute approximate surface area is 248 Å². The van der Waals surface area contributed by atoms with Crippen molar-refractivity contribution >= 4 is 27.4 Å². The number of halogens is 3. The molecule has 1 spiro atoms. The van der Waals surface area contributed by atoms with E-state index in [9.17, 15) is 31.2 Å². The number of ether oxygens (including phenoxy) is 1. The normalized spacial score (nSPS) is 21.9. The Morgan fingerprint density at radius 1 is 1.19 bits per heavy atom. The lowest BCUT2D eigenvalue weighted by Crippen LogP contribution is -2.53. The van der Waals surface area contributed by atoms with Gasteiger partial charge in [-0.1, -0.05) is 36.4 Å². The first-order chi connectivity index (χ1) is 20.3. The Hall–Kier alpha value is -3.67. The molecule has 2 atom stereocenters. The van der Waals surface area contributed by atoms with E-state index in [0.29, 0.717) is 55.8 Å². The highest BCUT2D eigenvalue weighted by Gasteiger charge is 2.47. The molecule has 2 N–H and O–H groups in total. The zero-order valence-electron chi connectivity index (χ0n) is 23.8. The lowest BCUT2D eigenvalue weighted by Gasteiger charge is -2.38. The van der Waals surface area contributed by atoms with Gasteiger partial charge in [0, 0.05) is 37.3 Å². The molecule has 0 saturated carbocycles. The molecule has 1 aliphatic carbocycles. The molecule has 8 nitrogen and oxygen atoms in total. The van der Waals surface area contributed by atoms with Crippen molar-refractivity contribution in [2.45, 2.75) is 56.7 Å². The summed E-state index contributed by atoms with van der Waals surface area (Å²) in [4.78, 5) is 31.6. The van der Waals surface area contributed by atoms with Gasteiger partial charge in [0.15, 0.2) is 9.84 Å². The highest BCUT2D eigenvalue weighted by Crippen LogP contribution is 2.45. The highest BCUT2D eigenvalue weighted by molar-refractivity contribution is 7.91. The smallest absolute Gasteiger partial charge is 0.389 e. The minimum absolute atomic E-state index is 0.0525. The number of hydrogen-bond acceptors (Lipinski definition) is 6. The Kier molecular flexibility index (Phi) is 8.69. The van der Waals surface area contributed by atoms with E-state index in [4.69, 9.17) is 9.73 Å². The average Bonchev–Trinajstić information content (AvgIpc) is 3.15. The molecule has 2 aliphatic heterocycles. The Balaban J connectivity index is 1.42. The van der Waals surface area contributed by atoms with Gasteiger partial charge >= 0.3 is 6.18 Å². The Bertz CT molecular complexity index is 1570. The largest absolute Gasteiger partial charge is 0.494 e. The molecule has 5 rings (SSSR count). The number of fused-ring (bicyclic) bond motifs is 3. The molecule has 1 fully saturated rings. The highest BCUT2D eigenvalue weighted by atomic mass is 32.2. The van der Waals surface area contributed by atoms with Crippen molar-refractivity contribution < 1.29 is 35.9 Å². The van der Waals surface area contributed by atoms with Crippen molar-refractivity contribution in [3.63, 3.8) is 0 Å². The quantitative estimate of drug-likeness (QED) is 0.410. The summed E-state index contributed by atoms with van der Waals surface area (Å²) in [5, 5.41) is 5.97. The number of carbonyl (C=O) groups excluding carboxylic acids is 2. The number of nitrogens with zero attached hydrogens (tertiary/aromatic N) is 1. The second kappa shape index (κ2) is 12.1. The van der Waals surface area contributed by atoms with Crippen LogP contribution in [0.4, 0.5) is 13.2 Å². The molecular formula is C31H34F3N3O5S. The van der Waals surface area contributed by atoms with E-state index in [1.807, 2.05) is 42.5 Å². The number of carbonyl (C=O) groups is 2. The molecule has 2 amide bonds. The van der Waals surface area contributed by atoms with Gasteiger partial charge in [0.05, 0.1) is 23.4 Å². The van der Waals surface area contributed by atoms with Crippen LogP contribution in [0.1, 0.15) is 48.8 Å². The van der Waals surface area contributed by atoms with Gasteiger partial charge in [0.1, 0.15) is 11.5 Å². The fourth-order valence-electron chi connectivity index (χ4n) is 6.23. The summed E-state index contributed by atoms with van der Waals surface area (Å²) in [6.45, 7) is 0.381. The number of aliphatic imine (C=N–C) groups is 1. The maximum Gasteiger partial charge on any atom is 0.389 e. The molecule has 0 bridgehead atoms. The second-order valence-electron chi connectivity index (χ2n) is 11.5. The molecule has 230 valence electrons. The van der Waals surface area contributed by atoms with E-state index in [1.165, 1.54) is 0 Å². The summed E-state index contributed by atoms with van der Waals surface area (Å²) in [5.74, 6) is -1.58. The summed E-state index contributed by atoms with van der Waals surface area (Å²) < 4.78 is 66.7. The fraction of sp³-hybridized carbons (Fsp3) is 0.452. The van der Waals surface area contributed by atoms with Crippen LogP contribution in [0.3, 0.4) is 0 Å². The van der Waals surface area contributed by atoms with Crippen LogP contribution in [-0.2, 0) is 37.8 Å². The number of alkyl halides is 3. The number of hydrogen-bond donors (Lipinski definition) is 2. The standard InChI is InChI=1S/C31H34F3N3O5S/c1-43(40,41)19-26(38)36-28-22(16-20-6-3-2-4-7-20)11-14-35-25-18-30(37-29(39)27(25)28)13-10-21-17-23(8-9-24(21)30)42-15-5-12-31(32,33)34/h2-4,6-9,17,22H,5,10-16,18-19H2,1H3,(H,36,38)(H,37,39)/t22?,30-/m0/s1. The predicted octanol–water partition coefficient (Wildman–Crippen LogP) is 4.19. The summed E-state index contributed by atoms with van der Waals surface area (Å²) in [5.41, 5.74) is 3.36. The zero-order chi connectivity index (χ0) is 30.8. The minimum Gasteiger partial charge on any atom is -0.494 e. The van der Waals surface area contributed by atoms with Crippen molar-refractivity contribution in [1.82, 2.24) is 10.6 Å². The number of sulfone groups is 1. The van der Waals surface area contributed by atoms with E-state index in [2.05, 4.69) is 10.6 Å². The van der Waals surface area contributed by atoms with Gasteiger partial charge in [-0.2, -0.15) is 13.2 Å².